The van der Waals surface area contributed by atoms with Gasteiger partial charge in [0.05, 0.1) is 6.07 Å². The lowest BCUT2D eigenvalue weighted by Crippen LogP contribution is -2.43. The Labute approximate surface area is 121 Å². The number of carbonyl (C=O) groups is 1. The van der Waals surface area contributed by atoms with E-state index in [4.69, 9.17) is 16.9 Å². The monoisotopic (exact) mass is 282 g/mol. The molecule has 0 aromatic heterocycles. The molecule has 4 unspecified atom stereocenters. The summed E-state index contributed by atoms with van der Waals surface area (Å²) in [7, 11) is 0. The molecule has 0 radical (unpaired) electrons. The van der Waals surface area contributed by atoms with Gasteiger partial charge in [0, 0.05) is 12.5 Å². The van der Waals surface area contributed by atoms with Crippen molar-refractivity contribution in [3.63, 3.8) is 0 Å². The lowest BCUT2D eigenvalue weighted by atomic mass is 9.73. The summed E-state index contributed by atoms with van der Waals surface area (Å²) in [5.41, 5.74) is 1.30. The van der Waals surface area contributed by atoms with Gasteiger partial charge >= 0.3 is 0 Å². The molecule has 0 aromatic rings. The highest BCUT2D eigenvalue weighted by atomic mass is 35.5. The molecular formula is C15H23ClN2O. The van der Waals surface area contributed by atoms with Crippen LogP contribution < -0.4 is 0 Å². The molecule has 1 aliphatic carbocycles. The van der Waals surface area contributed by atoms with Crippen LogP contribution in [-0.2, 0) is 4.79 Å². The van der Waals surface area contributed by atoms with Gasteiger partial charge in [-0.2, -0.15) is 5.26 Å². The van der Waals surface area contributed by atoms with Crippen molar-refractivity contribution in [2.75, 3.05) is 13.1 Å². The van der Waals surface area contributed by atoms with Crippen molar-refractivity contribution >= 4 is 17.5 Å². The van der Waals surface area contributed by atoms with Crippen LogP contribution in [-0.4, -0.2) is 29.3 Å². The first-order valence-electron chi connectivity index (χ1n) is 6.89. The van der Waals surface area contributed by atoms with Gasteiger partial charge in [-0.05, 0) is 32.1 Å². The SMILES string of the molecule is CCN(CC#N)C(=O)C(Cl)C1C=C(C)CC(C)C1C. The Hall–Kier alpha value is -1.01. The van der Waals surface area contributed by atoms with E-state index in [0.29, 0.717) is 18.4 Å². The summed E-state index contributed by atoms with van der Waals surface area (Å²) in [6.45, 7) is 8.95. The number of rotatable bonds is 4. The molecule has 3 nitrogen and oxygen atoms in total. The van der Waals surface area contributed by atoms with Crippen LogP contribution in [0.1, 0.15) is 34.1 Å². The molecule has 4 heteroatoms. The normalized spacial score (nSPS) is 28.2. The van der Waals surface area contributed by atoms with E-state index >= 15 is 0 Å². The second-order valence-corrected chi connectivity index (χ2v) is 6.01. The molecule has 0 bridgehead atoms. The zero-order valence-corrected chi connectivity index (χ0v) is 12.9. The molecule has 1 aliphatic rings. The predicted molar refractivity (Wildman–Crippen MR) is 77.7 cm³/mol. The molecule has 0 spiro atoms. The lowest BCUT2D eigenvalue weighted by molar-refractivity contribution is -0.131. The van der Waals surface area contributed by atoms with Crippen molar-refractivity contribution in [3.05, 3.63) is 11.6 Å². The average molecular weight is 283 g/mol. The minimum absolute atomic E-state index is 0.0608. The topological polar surface area (TPSA) is 44.1 Å². The molecule has 0 heterocycles. The Morgan fingerprint density at radius 2 is 2.26 bits per heavy atom. The van der Waals surface area contributed by atoms with Gasteiger partial charge in [-0.25, -0.2) is 0 Å². The Morgan fingerprint density at radius 1 is 1.63 bits per heavy atom. The van der Waals surface area contributed by atoms with Crippen molar-refractivity contribution in [1.29, 1.82) is 5.26 Å². The standard InChI is InChI=1S/C15H23ClN2O/c1-5-18(7-6-17)15(19)14(16)13-9-10(2)8-11(3)12(13)4/h9,11-14H,5,7-8H2,1-4H3. The van der Waals surface area contributed by atoms with Crippen molar-refractivity contribution in [1.82, 2.24) is 4.90 Å². The van der Waals surface area contributed by atoms with E-state index in [1.807, 2.05) is 13.0 Å². The highest BCUT2D eigenvalue weighted by molar-refractivity contribution is 6.31. The van der Waals surface area contributed by atoms with Crippen molar-refractivity contribution in [2.24, 2.45) is 17.8 Å². The van der Waals surface area contributed by atoms with E-state index in [1.165, 1.54) is 10.5 Å². The maximum absolute atomic E-state index is 12.3. The quantitative estimate of drug-likeness (QED) is 0.451. The Balaban J connectivity index is 2.86. The van der Waals surface area contributed by atoms with Crippen LogP contribution in [0.3, 0.4) is 0 Å². The van der Waals surface area contributed by atoms with Gasteiger partial charge in [0.2, 0.25) is 5.91 Å². The van der Waals surface area contributed by atoms with Crippen molar-refractivity contribution < 1.29 is 4.79 Å². The van der Waals surface area contributed by atoms with E-state index in [-0.39, 0.29) is 18.4 Å². The van der Waals surface area contributed by atoms with Gasteiger partial charge < -0.3 is 4.90 Å². The molecule has 106 valence electrons. The molecular weight excluding hydrogens is 260 g/mol. The fourth-order valence-corrected chi connectivity index (χ4v) is 3.18. The minimum Gasteiger partial charge on any atom is -0.328 e. The first kappa shape index (κ1) is 16.0. The number of amides is 1. The zero-order chi connectivity index (χ0) is 14.6. The van der Waals surface area contributed by atoms with Crippen LogP contribution in [0.5, 0.6) is 0 Å². The molecule has 0 N–H and O–H groups in total. The third kappa shape index (κ3) is 3.73. The van der Waals surface area contributed by atoms with Crippen molar-refractivity contribution in [2.45, 2.75) is 39.5 Å². The third-order valence-corrected chi connectivity index (χ3v) is 4.63. The fourth-order valence-electron chi connectivity index (χ4n) is 2.74. The van der Waals surface area contributed by atoms with Gasteiger partial charge in [-0.3, -0.25) is 4.79 Å². The van der Waals surface area contributed by atoms with E-state index in [1.54, 1.807) is 0 Å². The number of allylic oxidation sites excluding steroid dienone is 2. The first-order valence-corrected chi connectivity index (χ1v) is 7.33. The van der Waals surface area contributed by atoms with E-state index in [2.05, 4.69) is 26.8 Å². The molecule has 0 fully saturated rings. The van der Waals surface area contributed by atoms with E-state index in [0.717, 1.165) is 6.42 Å². The fraction of sp³-hybridized carbons (Fsp3) is 0.733. The van der Waals surface area contributed by atoms with E-state index in [9.17, 15) is 4.79 Å². The summed E-state index contributed by atoms with van der Waals surface area (Å²) < 4.78 is 0. The predicted octanol–water partition coefficient (Wildman–Crippen LogP) is 3.20. The summed E-state index contributed by atoms with van der Waals surface area (Å²) in [6, 6.07) is 2.02. The second kappa shape index (κ2) is 6.96. The molecule has 0 aromatic carbocycles. The number of alkyl halides is 1. The highest BCUT2D eigenvalue weighted by Crippen LogP contribution is 2.37. The highest BCUT2D eigenvalue weighted by Gasteiger charge is 2.36. The Bertz CT molecular complexity index is 399. The van der Waals surface area contributed by atoms with Gasteiger partial charge in [0.1, 0.15) is 11.9 Å². The smallest absolute Gasteiger partial charge is 0.242 e. The number of hydrogen-bond acceptors (Lipinski definition) is 2. The summed E-state index contributed by atoms with van der Waals surface area (Å²) in [5, 5.41) is 8.18. The summed E-state index contributed by atoms with van der Waals surface area (Å²) in [5.74, 6) is 0.859. The van der Waals surface area contributed by atoms with Gasteiger partial charge in [0.25, 0.3) is 0 Å². The lowest BCUT2D eigenvalue weighted by Gasteiger charge is -2.35. The maximum Gasteiger partial charge on any atom is 0.242 e. The van der Waals surface area contributed by atoms with Crippen molar-refractivity contribution in [3.8, 4) is 6.07 Å². The van der Waals surface area contributed by atoms with Crippen LogP contribution >= 0.6 is 11.6 Å². The average Bonchev–Trinajstić information content (AvgIpc) is 2.38. The number of nitriles is 1. The second-order valence-electron chi connectivity index (χ2n) is 5.54. The summed E-state index contributed by atoms with van der Waals surface area (Å²) >= 11 is 6.40. The Kier molecular flexibility index (Phi) is 5.87. The molecule has 0 aliphatic heterocycles. The molecule has 1 rings (SSSR count). The van der Waals surface area contributed by atoms with Gasteiger partial charge in [-0.1, -0.05) is 25.5 Å². The number of halogens is 1. The largest absolute Gasteiger partial charge is 0.328 e. The zero-order valence-electron chi connectivity index (χ0n) is 12.2. The number of hydrogen-bond donors (Lipinski definition) is 0. The molecule has 4 atom stereocenters. The first-order chi connectivity index (χ1) is 8.92. The van der Waals surface area contributed by atoms with Gasteiger partial charge in [0.15, 0.2) is 0 Å². The van der Waals surface area contributed by atoms with Crippen LogP contribution in [0.25, 0.3) is 0 Å². The summed E-state index contributed by atoms with van der Waals surface area (Å²) in [4.78, 5) is 13.9. The van der Waals surface area contributed by atoms with Crippen LogP contribution in [0.2, 0.25) is 0 Å². The maximum atomic E-state index is 12.3. The van der Waals surface area contributed by atoms with Crippen LogP contribution in [0.15, 0.2) is 11.6 Å². The molecule has 0 saturated carbocycles. The molecule has 0 saturated heterocycles. The third-order valence-electron chi connectivity index (χ3n) is 4.15. The number of nitrogens with zero attached hydrogens (tertiary/aromatic N) is 2. The molecule has 1 amide bonds. The minimum atomic E-state index is -0.569. The van der Waals surface area contributed by atoms with E-state index < -0.39 is 5.38 Å². The Morgan fingerprint density at radius 3 is 2.79 bits per heavy atom. The van der Waals surface area contributed by atoms with Crippen LogP contribution in [0.4, 0.5) is 0 Å². The molecule has 19 heavy (non-hydrogen) atoms. The van der Waals surface area contributed by atoms with Gasteiger partial charge in [-0.15, -0.1) is 11.6 Å². The van der Waals surface area contributed by atoms with Crippen LogP contribution in [0, 0.1) is 29.1 Å². The number of carbonyl (C=O) groups excluding carboxylic acids is 1. The summed E-state index contributed by atoms with van der Waals surface area (Å²) in [6.07, 6.45) is 3.21.